The van der Waals surface area contributed by atoms with Gasteiger partial charge in [-0.3, -0.25) is 4.90 Å². The molecule has 3 saturated heterocycles. The number of nitrogens with zero attached hydrogens (tertiary/aromatic N) is 2. The summed E-state index contributed by atoms with van der Waals surface area (Å²) in [4.78, 5) is 2.57. The number of nitrogens with one attached hydrogen (secondary N) is 1. The van der Waals surface area contributed by atoms with Crippen molar-refractivity contribution < 1.29 is 22.4 Å². The lowest BCUT2D eigenvalue weighted by atomic mass is 9.77. The van der Waals surface area contributed by atoms with Gasteiger partial charge in [0.05, 0.1) is 10.4 Å². The van der Waals surface area contributed by atoms with Crippen LogP contribution in [0.25, 0.3) is 11.0 Å². The van der Waals surface area contributed by atoms with Crippen LogP contribution in [0.15, 0.2) is 16.7 Å². The molecule has 4 fully saturated rings. The zero-order valence-corrected chi connectivity index (χ0v) is 15.2. The van der Waals surface area contributed by atoms with Crippen molar-refractivity contribution in [2.45, 2.75) is 43.4 Å². The standard InChI is InChI=1S/C18H19ClF3N3O2/c19-12-2-1-11-13(14(12)26-9-18(20,21)22)27-24-16(11)23-15-10-3-7-25(8-4-10)17(15)5-6-17/h1-2,10,15H,3-9H2,(H,23,24)/t15-/m0/s1. The maximum Gasteiger partial charge on any atom is 0.422 e. The van der Waals surface area contributed by atoms with Crippen LogP contribution in [-0.2, 0) is 0 Å². The van der Waals surface area contributed by atoms with E-state index in [4.69, 9.17) is 20.9 Å². The average molecular weight is 402 g/mol. The second-order valence-electron chi connectivity index (χ2n) is 7.74. The van der Waals surface area contributed by atoms with Crippen molar-refractivity contribution in [3.05, 3.63) is 17.2 Å². The molecule has 1 aliphatic carbocycles. The maximum absolute atomic E-state index is 12.5. The number of halogens is 4. The lowest BCUT2D eigenvalue weighted by Crippen LogP contribution is -2.62. The molecule has 27 heavy (non-hydrogen) atoms. The molecule has 1 aromatic carbocycles. The molecule has 0 amide bonds. The van der Waals surface area contributed by atoms with E-state index in [1.54, 1.807) is 6.07 Å². The molecule has 5 nitrogen and oxygen atoms in total. The molecule has 2 aromatic rings. The Morgan fingerprint density at radius 1 is 1.30 bits per heavy atom. The summed E-state index contributed by atoms with van der Waals surface area (Å²) in [7, 11) is 0. The summed E-state index contributed by atoms with van der Waals surface area (Å²) in [5.41, 5.74) is 0.342. The van der Waals surface area contributed by atoms with Gasteiger partial charge in [-0.25, -0.2) is 0 Å². The predicted octanol–water partition coefficient (Wildman–Crippen LogP) is 4.46. The zero-order valence-electron chi connectivity index (χ0n) is 14.5. The van der Waals surface area contributed by atoms with E-state index < -0.39 is 12.8 Å². The van der Waals surface area contributed by atoms with Crippen molar-refractivity contribution in [2.24, 2.45) is 5.92 Å². The van der Waals surface area contributed by atoms with Crippen molar-refractivity contribution in [3.63, 3.8) is 0 Å². The van der Waals surface area contributed by atoms with Gasteiger partial charge in [0.2, 0.25) is 5.58 Å². The lowest BCUT2D eigenvalue weighted by Gasteiger charge is -2.52. The maximum atomic E-state index is 12.5. The summed E-state index contributed by atoms with van der Waals surface area (Å²) in [6, 6.07) is 3.50. The molecule has 0 unspecified atom stereocenters. The number of alkyl halides is 3. The van der Waals surface area contributed by atoms with Gasteiger partial charge in [-0.1, -0.05) is 16.8 Å². The van der Waals surface area contributed by atoms with Crippen molar-refractivity contribution in [2.75, 3.05) is 25.0 Å². The van der Waals surface area contributed by atoms with Gasteiger partial charge in [0.25, 0.3) is 0 Å². The van der Waals surface area contributed by atoms with E-state index in [-0.39, 0.29) is 27.9 Å². The van der Waals surface area contributed by atoms with Gasteiger partial charge in [0, 0.05) is 11.6 Å². The summed E-state index contributed by atoms with van der Waals surface area (Å²) in [6.45, 7) is 0.860. The molecule has 0 radical (unpaired) electrons. The van der Waals surface area contributed by atoms with Crippen molar-refractivity contribution in [1.82, 2.24) is 10.1 Å². The fraction of sp³-hybridized carbons (Fsp3) is 0.611. The van der Waals surface area contributed by atoms with Gasteiger partial charge in [-0.15, -0.1) is 0 Å². The number of fused-ring (bicyclic) bond motifs is 3. The smallest absolute Gasteiger partial charge is 0.422 e. The van der Waals surface area contributed by atoms with Crippen LogP contribution < -0.4 is 10.1 Å². The molecular weight excluding hydrogens is 383 g/mol. The largest absolute Gasteiger partial charge is 0.478 e. The third-order valence-electron chi connectivity index (χ3n) is 6.20. The molecule has 1 atom stereocenters. The van der Waals surface area contributed by atoms with Crippen LogP contribution in [-0.4, -0.2) is 47.5 Å². The Labute approximate surface area is 158 Å². The first-order chi connectivity index (χ1) is 12.9. The number of anilines is 1. The second kappa shape index (κ2) is 5.91. The van der Waals surface area contributed by atoms with E-state index in [2.05, 4.69) is 15.4 Å². The van der Waals surface area contributed by atoms with Crippen LogP contribution in [0.1, 0.15) is 25.7 Å². The fourth-order valence-corrected chi connectivity index (χ4v) is 5.02. The van der Waals surface area contributed by atoms with Crippen LogP contribution in [0, 0.1) is 5.92 Å². The minimum absolute atomic E-state index is 0.0657. The minimum Gasteiger partial charge on any atom is -0.478 e. The highest BCUT2D eigenvalue weighted by Gasteiger charge is 2.60. The number of benzene rings is 1. The van der Waals surface area contributed by atoms with Crippen LogP contribution in [0.4, 0.5) is 19.0 Å². The highest BCUT2D eigenvalue weighted by Crippen LogP contribution is 2.54. The monoisotopic (exact) mass is 401 g/mol. The first-order valence-electron chi connectivity index (χ1n) is 9.16. The Morgan fingerprint density at radius 2 is 2.04 bits per heavy atom. The first kappa shape index (κ1) is 17.4. The Morgan fingerprint density at radius 3 is 2.70 bits per heavy atom. The molecular formula is C18H19ClF3N3O2. The quantitative estimate of drug-likeness (QED) is 0.819. The number of ether oxygens (including phenoxy) is 1. The van der Waals surface area contributed by atoms with Crippen molar-refractivity contribution in [3.8, 4) is 5.75 Å². The Bertz CT molecular complexity index is 873. The molecule has 1 spiro atoms. The van der Waals surface area contributed by atoms with Gasteiger partial charge in [0.15, 0.2) is 18.2 Å². The Hall–Kier alpha value is -1.67. The van der Waals surface area contributed by atoms with Gasteiger partial charge in [-0.2, -0.15) is 13.2 Å². The van der Waals surface area contributed by atoms with Gasteiger partial charge >= 0.3 is 6.18 Å². The SMILES string of the molecule is FC(F)(F)COc1c(Cl)ccc2c(N[C@H]3C4CCN(CC4)C34CC4)noc12. The van der Waals surface area contributed by atoms with Gasteiger partial charge in [-0.05, 0) is 56.8 Å². The Balaban J connectivity index is 1.45. The van der Waals surface area contributed by atoms with Crippen LogP contribution >= 0.6 is 11.6 Å². The molecule has 4 heterocycles. The van der Waals surface area contributed by atoms with Crippen LogP contribution in [0.5, 0.6) is 5.75 Å². The summed E-state index contributed by atoms with van der Waals surface area (Å²) < 4.78 is 47.8. The van der Waals surface area contributed by atoms with Crippen LogP contribution in [0.2, 0.25) is 5.02 Å². The Kier molecular flexibility index (Phi) is 3.82. The van der Waals surface area contributed by atoms with E-state index in [9.17, 15) is 13.2 Å². The molecule has 2 bridgehead atoms. The molecule has 4 aliphatic rings. The second-order valence-corrected chi connectivity index (χ2v) is 8.15. The third-order valence-corrected chi connectivity index (χ3v) is 6.50. The molecule has 6 rings (SSSR count). The normalized spacial score (nSPS) is 28.7. The zero-order chi connectivity index (χ0) is 18.8. The van der Waals surface area contributed by atoms with Crippen molar-refractivity contribution in [1.29, 1.82) is 0 Å². The van der Waals surface area contributed by atoms with Crippen LogP contribution in [0.3, 0.4) is 0 Å². The highest BCUT2D eigenvalue weighted by molar-refractivity contribution is 6.33. The first-order valence-corrected chi connectivity index (χ1v) is 9.54. The molecule has 1 aromatic heterocycles. The summed E-state index contributed by atoms with van der Waals surface area (Å²) >= 11 is 6.03. The number of hydrogen-bond acceptors (Lipinski definition) is 5. The van der Waals surface area contributed by atoms with Crippen molar-refractivity contribution >= 4 is 28.4 Å². The lowest BCUT2D eigenvalue weighted by molar-refractivity contribution is -0.153. The summed E-state index contributed by atoms with van der Waals surface area (Å²) in [5, 5.41) is 8.28. The number of aromatic nitrogens is 1. The molecule has 1 saturated carbocycles. The van der Waals surface area contributed by atoms with Gasteiger partial charge < -0.3 is 14.6 Å². The van der Waals surface area contributed by atoms with Gasteiger partial charge in [0.1, 0.15) is 0 Å². The third kappa shape index (κ3) is 2.84. The topological polar surface area (TPSA) is 50.5 Å². The van der Waals surface area contributed by atoms with E-state index in [0.717, 1.165) is 25.9 Å². The highest BCUT2D eigenvalue weighted by atomic mass is 35.5. The average Bonchev–Trinajstić information content (AvgIpc) is 3.30. The van der Waals surface area contributed by atoms with E-state index in [0.29, 0.717) is 17.1 Å². The predicted molar refractivity (Wildman–Crippen MR) is 94.2 cm³/mol. The molecule has 1 N–H and O–H groups in total. The summed E-state index contributed by atoms with van der Waals surface area (Å²) in [5.74, 6) is 1.00. The molecule has 3 aliphatic heterocycles. The van der Waals surface area contributed by atoms with E-state index in [1.165, 1.54) is 18.9 Å². The fourth-order valence-electron chi connectivity index (χ4n) is 4.82. The number of rotatable bonds is 4. The minimum atomic E-state index is -4.46. The molecule has 9 heteroatoms. The molecule has 146 valence electrons. The summed E-state index contributed by atoms with van der Waals surface area (Å²) in [6.07, 6.45) is 0.189. The van der Waals surface area contributed by atoms with E-state index >= 15 is 0 Å². The number of hydrogen-bond donors (Lipinski definition) is 1. The number of piperidine rings is 3. The van der Waals surface area contributed by atoms with E-state index in [1.807, 2.05) is 0 Å².